The van der Waals surface area contributed by atoms with Crippen LogP contribution in [-0.4, -0.2) is 34.8 Å². The summed E-state index contributed by atoms with van der Waals surface area (Å²) in [6.45, 7) is 10.3. The van der Waals surface area contributed by atoms with Crippen LogP contribution in [-0.2, 0) is 9.59 Å². The van der Waals surface area contributed by atoms with Crippen LogP contribution >= 0.6 is 0 Å². The predicted molar refractivity (Wildman–Crippen MR) is 76.7 cm³/mol. The molecule has 1 heterocycles. The number of nitrogens with zero attached hydrogens (tertiary/aromatic N) is 1. The van der Waals surface area contributed by atoms with Crippen LogP contribution in [0.4, 0.5) is 0 Å². The maximum absolute atomic E-state index is 12.6. The predicted octanol–water partition coefficient (Wildman–Crippen LogP) is 2.33. The molecule has 4 heteroatoms. The van der Waals surface area contributed by atoms with Crippen LogP contribution in [0.5, 0.6) is 0 Å². The van der Waals surface area contributed by atoms with E-state index >= 15 is 0 Å². The zero-order chi connectivity index (χ0) is 14.6. The molecular formula is C15H28N2O2. The van der Waals surface area contributed by atoms with E-state index in [0.29, 0.717) is 12.3 Å². The third-order valence-electron chi connectivity index (χ3n) is 3.78. The number of nitrogens with one attached hydrogen (secondary N) is 1. The van der Waals surface area contributed by atoms with E-state index in [9.17, 15) is 9.59 Å². The molecule has 4 nitrogen and oxygen atoms in total. The number of rotatable bonds is 6. The molecule has 110 valence electrons. The van der Waals surface area contributed by atoms with E-state index < -0.39 is 0 Å². The highest BCUT2D eigenvalue weighted by Crippen LogP contribution is 2.21. The molecule has 2 amide bonds. The molecule has 0 aromatic heterocycles. The second-order valence-corrected chi connectivity index (χ2v) is 6.00. The fourth-order valence-electron chi connectivity index (χ4n) is 2.88. The van der Waals surface area contributed by atoms with Gasteiger partial charge in [0, 0.05) is 6.04 Å². The molecule has 1 rings (SSSR count). The summed E-state index contributed by atoms with van der Waals surface area (Å²) in [7, 11) is 0. The molecule has 0 saturated carbocycles. The molecule has 1 fully saturated rings. The van der Waals surface area contributed by atoms with E-state index in [1.54, 1.807) is 0 Å². The first-order valence-corrected chi connectivity index (χ1v) is 7.54. The lowest BCUT2D eigenvalue weighted by Crippen LogP contribution is -2.65. The third kappa shape index (κ3) is 3.71. The summed E-state index contributed by atoms with van der Waals surface area (Å²) in [5.74, 6) is 0.507. The van der Waals surface area contributed by atoms with Gasteiger partial charge in [0.2, 0.25) is 11.8 Å². The first-order valence-electron chi connectivity index (χ1n) is 7.54. The highest BCUT2D eigenvalue weighted by Gasteiger charge is 2.41. The third-order valence-corrected chi connectivity index (χ3v) is 3.78. The lowest BCUT2D eigenvalue weighted by atomic mass is 9.95. The van der Waals surface area contributed by atoms with E-state index in [-0.39, 0.29) is 29.9 Å². The minimum absolute atomic E-state index is 0.00991. The van der Waals surface area contributed by atoms with Gasteiger partial charge in [-0.1, -0.05) is 34.1 Å². The van der Waals surface area contributed by atoms with Crippen molar-refractivity contribution in [2.75, 3.05) is 0 Å². The van der Waals surface area contributed by atoms with Crippen LogP contribution in [0, 0.1) is 5.92 Å². The number of piperazine rings is 1. The molecule has 0 bridgehead atoms. The summed E-state index contributed by atoms with van der Waals surface area (Å²) < 4.78 is 0. The molecule has 1 saturated heterocycles. The Bertz CT molecular complexity index is 328. The van der Waals surface area contributed by atoms with Crippen molar-refractivity contribution >= 4 is 11.8 Å². The number of hydrogen-bond acceptors (Lipinski definition) is 2. The summed E-state index contributed by atoms with van der Waals surface area (Å²) in [5.41, 5.74) is 0. The summed E-state index contributed by atoms with van der Waals surface area (Å²) in [5, 5.41) is 2.90. The molecule has 0 spiro atoms. The van der Waals surface area contributed by atoms with Crippen molar-refractivity contribution in [3.63, 3.8) is 0 Å². The fourth-order valence-corrected chi connectivity index (χ4v) is 2.88. The van der Waals surface area contributed by atoms with Gasteiger partial charge in [-0.25, -0.2) is 0 Å². The standard InChI is InChI=1S/C15H28N2O2/c1-6-8-11(5)17-13(7-2)14(18)16-12(15(17)19)9-10(3)4/h10-13H,6-9H2,1-5H3,(H,16,18). The maximum atomic E-state index is 12.6. The van der Waals surface area contributed by atoms with Crippen molar-refractivity contribution < 1.29 is 9.59 Å². The van der Waals surface area contributed by atoms with Crippen LogP contribution in [0.2, 0.25) is 0 Å². The molecule has 19 heavy (non-hydrogen) atoms. The minimum Gasteiger partial charge on any atom is -0.342 e. The SMILES string of the molecule is CCCC(C)N1C(=O)C(CC(C)C)NC(=O)C1CC. The van der Waals surface area contributed by atoms with Crippen LogP contribution in [0.25, 0.3) is 0 Å². The molecule has 1 N–H and O–H groups in total. The van der Waals surface area contributed by atoms with Crippen molar-refractivity contribution in [2.45, 2.75) is 78.4 Å². The first kappa shape index (κ1) is 16.0. The van der Waals surface area contributed by atoms with E-state index in [0.717, 1.165) is 19.3 Å². The van der Waals surface area contributed by atoms with E-state index in [1.165, 1.54) is 0 Å². The topological polar surface area (TPSA) is 49.4 Å². The summed E-state index contributed by atoms with van der Waals surface area (Å²) in [6, 6.07) is -0.491. The Hall–Kier alpha value is -1.06. The summed E-state index contributed by atoms with van der Waals surface area (Å²) in [6.07, 6.45) is 3.37. The Morgan fingerprint density at radius 3 is 2.32 bits per heavy atom. The number of carbonyl (C=O) groups is 2. The molecular weight excluding hydrogens is 240 g/mol. The molecule has 3 unspecified atom stereocenters. The van der Waals surface area contributed by atoms with E-state index in [4.69, 9.17) is 0 Å². The van der Waals surface area contributed by atoms with E-state index in [2.05, 4.69) is 33.0 Å². The van der Waals surface area contributed by atoms with Crippen molar-refractivity contribution in [1.82, 2.24) is 10.2 Å². The second-order valence-electron chi connectivity index (χ2n) is 6.00. The van der Waals surface area contributed by atoms with Crippen molar-refractivity contribution in [3.05, 3.63) is 0 Å². The molecule has 1 aliphatic rings. The van der Waals surface area contributed by atoms with Gasteiger partial charge in [0.1, 0.15) is 12.1 Å². The average molecular weight is 268 g/mol. The molecule has 0 aromatic rings. The van der Waals surface area contributed by atoms with Gasteiger partial charge in [0.05, 0.1) is 0 Å². The lowest BCUT2D eigenvalue weighted by molar-refractivity contribution is -0.152. The van der Waals surface area contributed by atoms with E-state index in [1.807, 2.05) is 11.8 Å². The van der Waals surface area contributed by atoms with Crippen molar-refractivity contribution in [2.24, 2.45) is 5.92 Å². The molecule has 0 radical (unpaired) electrons. The van der Waals surface area contributed by atoms with Gasteiger partial charge in [-0.15, -0.1) is 0 Å². The molecule has 1 aliphatic heterocycles. The quantitative estimate of drug-likeness (QED) is 0.803. The van der Waals surface area contributed by atoms with Crippen LogP contribution < -0.4 is 5.32 Å². The molecule has 3 atom stereocenters. The average Bonchev–Trinajstić information content (AvgIpc) is 2.32. The molecule has 0 aliphatic carbocycles. The Kier molecular flexibility index (Phi) is 5.83. The summed E-state index contributed by atoms with van der Waals surface area (Å²) in [4.78, 5) is 26.6. The smallest absolute Gasteiger partial charge is 0.246 e. The zero-order valence-electron chi connectivity index (χ0n) is 12.9. The minimum atomic E-state index is -0.338. The number of hydrogen-bond donors (Lipinski definition) is 1. The van der Waals surface area contributed by atoms with Crippen LogP contribution in [0.15, 0.2) is 0 Å². The van der Waals surface area contributed by atoms with Crippen molar-refractivity contribution in [3.8, 4) is 0 Å². The highest BCUT2D eigenvalue weighted by molar-refractivity contribution is 5.97. The van der Waals surface area contributed by atoms with Crippen LogP contribution in [0.1, 0.15) is 60.3 Å². The largest absolute Gasteiger partial charge is 0.342 e. The van der Waals surface area contributed by atoms with Gasteiger partial charge >= 0.3 is 0 Å². The maximum Gasteiger partial charge on any atom is 0.246 e. The number of amides is 2. The monoisotopic (exact) mass is 268 g/mol. The van der Waals surface area contributed by atoms with Crippen LogP contribution in [0.3, 0.4) is 0 Å². The Morgan fingerprint density at radius 1 is 1.21 bits per heavy atom. The highest BCUT2D eigenvalue weighted by atomic mass is 16.2. The zero-order valence-corrected chi connectivity index (χ0v) is 12.9. The van der Waals surface area contributed by atoms with Gasteiger partial charge in [0.15, 0.2) is 0 Å². The summed E-state index contributed by atoms with van der Waals surface area (Å²) >= 11 is 0. The Labute approximate surface area is 116 Å². The van der Waals surface area contributed by atoms with Gasteiger partial charge in [-0.2, -0.15) is 0 Å². The normalized spacial score (nSPS) is 25.7. The van der Waals surface area contributed by atoms with Gasteiger partial charge < -0.3 is 10.2 Å². The number of carbonyl (C=O) groups excluding carboxylic acids is 2. The van der Waals surface area contributed by atoms with Gasteiger partial charge in [-0.05, 0) is 32.1 Å². The van der Waals surface area contributed by atoms with Crippen molar-refractivity contribution in [1.29, 1.82) is 0 Å². The van der Waals surface area contributed by atoms with Gasteiger partial charge in [0.25, 0.3) is 0 Å². The molecule has 0 aromatic carbocycles. The lowest BCUT2D eigenvalue weighted by Gasteiger charge is -2.42. The Balaban J connectivity index is 2.92. The fraction of sp³-hybridized carbons (Fsp3) is 0.867. The Morgan fingerprint density at radius 2 is 1.84 bits per heavy atom. The van der Waals surface area contributed by atoms with Gasteiger partial charge in [-0.3, -0.25) is 9.59 Å². The second kappa shape index (κ2) is 6.92. The first-order chi connectivity index (χ1) is 8.92.